The van der Waals surface area contributed by atoms with Crippen LogP contribution < -0.4 is 0 Å². The van der Waals surface area contributed by atoms with Crippen molar-refractivity contribution in [3.05, 3.63) is 29.3 Å². The predicted molar refractivity (Wildman–Crippen MR) is 64.0 cm³/mol. The summed E-state index contributed by atoms with van der Waals surface area (Å²) in [4.78, 5) is 0.184. The summed E-state index contributed by atoms with van der Waals surface area (Å²) in [6, 6.07) is 7.47. The molecule has 1 saturated heterocycles. The quantitative estimate of drug-likeness (QED) is 0.826. The largest absolute Gasteiger partial charge is 0.244 e. The van der Waals surface area contributed by atoms with Crippen molar-refractivity contribution >= 4 is 21.6 Å². The van der Waals surface area contributed by atoms with E-state index in [1.807, 2.05) is 6.07 Å². The number of halogens is 1. The highest BCUT2D eigenvalue weighted by Crippen LogP contribution is 2.26. The van der Waals surface area contributed by atoms with E-state index >= 15 is 0 Å². The summed E-state index contributed by atoms with van der Waals surface area (Å²) in [5.41, 5.74) is 0. The van der Waals surface area contributed by atoms with Gasteiger partial charge in [-0.1, -0.05) is 11.6 Å². The van der Waals surface area contributed by atoms with Gasteiger partial charge in [0.25, 0.3) is 0 Å². The molecule has 1 aromatic rings. The van der Waals surface area contributed by atoms with Crippen molar-refractivity contribution in [1.29, 1.82) is 5.26 Å². The van der Waals surface area contributed by atoms with Crippen molar-refractivity contribution in [2.45, 2.75) is 23.8 Å². The Hall–Kier alpha value is -1.09. The van der Waals surface area contributed by atoms with Crippen molar-refractivity contribution in [2.75, 3.05) is 6.54 Å². The minimum absolute atomic E-state index is 0.184. The molecule has 0 saturated carbocycles. The zero-order valence-electron chi connectivity index (χ0n) is 9.01. The third-order valence-electron chi connectivity index (χ3n) is 2.77. The zero-order chi connectivity index (χ0) is 12.5. The van der Waals surface area contributed by atoms with E-state index in [2.05, 4.69) is 0 Å². The van der Waals surface area contributed by atoms with Gasteiger partial charge in [-0.25, -0.2) is 8.42 Å². The topological polar surface area (TPSA) is 61.2 Å². The van der Waals surface area contributed by atoms with E-state index in [4.69, 9.17) is 16.9 Å². The van der Waals surface area contributed by atoms with Crippen LogP contribution in [0.4, 0.5) is 0 Å². The summed E-state index contributed by atoms with van der Waals surface area (Å²) in [5.74, 6) is 0. The second kappa shape index (κ2) is 4.65. The van der Waals surface area contributed by atoms with Gasteiger partial charge in [0.2, 0.25) is 10.0 Å². The van der Waals surface area contributed by atoms with E-state index in [1.54, 1.807) is 0 Å². The number of hydrogen-bond acceptors (Lipinski definition) is 3. The number of nitriles is 1. The molecule has 0 aliphatic carbocycles. The zero-order valence-corrected chi connectivity index (χ0v) is 10.6. The Morgan fingerprint density at radius 3 is 2.59 bits per heavy atom. The molecular weight excluding hydrogens is 260 g/mol. The number of nitrogens with zero attached hydrogens (tertiary/aromatic N) is 2. The summed E-state index contributed by atoms with van der Waals surface area (Å²) in [6.45, 7) is 0.406. The maximum Gasteiger partial charge on any atom is 0.244 e. The first-order chi connectivity index (χ1) is 8.05. The van der Waals surface area contributed by atoms with Crippen LogP contribution in [-0.4, -0.2) is 25.3 Å². The molecule has 4 nitrogen and oxygen atoms in total. The van der Waals surface area contributed by atoms with Crippen LogP contribution in [-0.2, 0) is 10.0 Å². The molecule has 17 heavy (non-hydrogen) atoms. The van der Waals surface area contributed by atoms with Gasteiger partial charge in [0, 0.05) is 11.6 Å². The van der Waals surface area contributed by atoms with Crippen LogP contribution in [0.2, 0.25) is 5.02 Å². The van der Waals surface area contributed by atoms with E-state index in [-0.39, 0.29) is 4.90 Å². The highest BCUT2D eigenvalue weighted by atomic mass is 35.5. The summed E-state index contributed by atoms with van der Waals surface area (Å²) in [5, 5.41) is 9.40. The van der Waals surface area contributed by atoms with Crippen molar-refractivity contribution < 1.29 is 8.42 Å². The van der Waals surface area contributed by atoms with Crippen molar-refractivity contribution in [1.82, 2.24) is 4.31 Å². The van der Waals surface area contributed by atoms with Crippen LogP contribution in [0, 0.1) is 11.3 Å². The van der Waals surface area contributed by atoms with Crippen LogP contribution in [0.3, 0.4) is 0 Å². The molecule has 0 bridgehead atoms. The molecule has 6 heteroatoms. The fourth-order valence-corrected chi connectivity index (χ4v) is 3.63. The van der Waals surface area contributed by atoms with E-state index in [9.17, 15) is 8.42 Å². The molecule has 2 rings (SSSR count). The van der Waals surface area contributed by atoms with Gasteiger partial charge in [0.15, 0.2) is 0 Å². The van der Waals surface area contributed by atoms with Crippen LogP contribution in [0.5, 0.6) is 0 Å². The highest BCUT2D eigenvalue weighted by molar-refractivity contribution is 7.89. The SMILES string of the molecule is N#C[C@@H]1CCCN1S(=O)(=O)c1ccc(Cl)cc1. The maximum absolute atomic E-state index is 12.2. The predicted octanol–water partition coefficient (Wildman–Crippen LogP) is 2.02. The number of benzene rings is 1. The standard InChI is InChI=1S/C11H11ClN2O2S/c12-9-3-5-11(6-4-9)17(15,16)14-7-1-2-10(14)8-13/h3-6,10H,1-2,7H2/t10-/m0/s1. The molecular formula is C11H11ClN2O2S. The molecule has 0 spiro atoms. The van der Waals surface area contributed by atoms with Gasteiger partial charge in [0.05, 0.1) is 11.0 Å². The Labute approximate surface area is 105 Å². The second-order valence-corrected chi connectivity index (χ2v) is 6.18. The molecule has 1 atom stereocenters. The Morgan fingerprint density at radius 1 is 1.35 bits per heavy atom. The molecule has 0 amide bonds. The van der Waals surface area contributed by atoms with Gasteiger partial charge < -0.3 is 0 Å². The van der Waals surface area contributed by atoms with Gasteiger partial charge in [-0.2, -0.15) is 9.57 Å². The maximum atomic E-state index is 12.2. The van der Waals surface area contributed by atoms with Crippen LogP contribution in [0.15, 0.2) is 29.2 Å². The first-order valence-corrected chi connectivity index (χ1v) is 7.04. The Bertz CT molecular complexity index is 548. The summed E-state index contributed by atoms with van der Waals surface area (Å²) in [6.07, 6.45) is 1.33. The summed E-state index contributed by atoms with van der Waals surface area (Å²) >= 11 is 5.72. The van der Waals surface area contributed by atoms with E-state index < -0.39 is 16.1 Å². The van der Waals surface area contributed by atoms with Gasteiger partial charge in [0.1, 0.15) is 6.04 Å². The van der Waals surface area contributed by atoms with Gasteiger partial charge >= 0.3 is 0 Å². The minimum atomic E-state index is -3.56. The van der Waals surface area contributed by atoms with Crippen molar-refractivity contribution in [3.63, 3.8) is 0 Å². The van der Waals surface area contributed by atoms with Gasteiger partial charge in [-0.3, -0.25) is 0 Å². The van der Waals surface area contributed by atoms with Gasteiger partial charge in [-0.15, -0.1) is 0 Å². The molecule has 1 aliphatic rings. The molecule has 0 unspecified atom stereocenters. The first kappa shape index (κ1) is 12.4. The molecule has 1 aromatic carbocycles. The van der Waals surface area contributed by atoms with E-state index in [0.717, 1.165) is 6.42 Å². The van der Waals surface area contributed by atoms with Crippen LogP contribution >= 0.6 is 11.6 Å². The molecule has 1 heterocycles. The van der Waals surface area contributed by atoms with Crippen molar-refractivity contribution in [2.24, 2.45) is 0 Å². The van der Waals surface area contributed by atoms with E-state index in [1.165, 1.54) is 28.6 Å². The lowest BCUT2D eigenvalue weighted by Crippen LogP contribution is -2.34. The normalized spacial score (nSPS) is 21.3. The summed E-state index contributed by atoms with van der Waals surface area (Å²) in [7, 11) is -3.56. The third-order valence-corrected chi connectivity index (χ3v) is 4.95. The lowest BCUT2D eigenvalue weighted by Gasteiger charge is -2.19. The Balaban J connectivity index is 2.37. The minimum Gasteiger partial charge on any atom is -0.207 e. The molecule has 1 fully saturated rings. The smallest absolute Gasteiger partial charge is 0.207 e. The third kappa shape index (κ3) is 2.29. The van der Waals surface area contributed by atoms with E-state index in [0.29, 0.717) is 18.0 Å². The molecule has 0 N–H and O–H groups in total. The van der Waals surface area contributed by atoms with Crippen LogP contribution in [0.25, 0.3) is 0 Å². The first-order valence-electron chi connectivity index (χ1n) is 5.23. The monoisotopic (exact) mass is 270 g/mol. The Morgan fingerprint density at radius 2 is 2.00 bits per heavy atom. The lowest BCUT2D eigenvalue weighted by molar-refractivity contribution is 0.437. The van der Waals surface area contributed by atoms with Crippen LogP contribution in [0.1, 0.15) is 12.8 Å². The highest BCUT2D eigenvalue weighted by Gasteiger charge is 2.35. The number of rotatable bonds is 2. The average Bonchev–Trinajstić information content (AvgIpc) is 2.78. The van der Waals surface area contributed by atoms with Gasteiger partial charge in [-0.05, 0) is 37.1 Å². The number of sulfonamides is 1. The molecule has 0 radical (unpaired) electrons. The molecule has 90 valence electrons. The Kier molecular flexibility index (Phi) is 3.38. The fourth-order valence-electron chi connectivity index (χ4n) is 1.90. The second-order valence-electron chi connectivity index (χ2n) is 3.86. The van der Waals surface area contributed by atoms with Crippen molar-refractivity contribution in [3.8, 4) is 6.07 Å². The summed E-state index contributed by atoms with van der Waals surface area (Å²) < 4.78 is 25.8. The average molecular weight is 271 g/mol. The number of hydrogen-bond donors (Lipinski definition) is 0. The molecule has 1 aliphatic heterocycles. The fraction of sp³-hybridized carbons (Fsp3) is 0.364. The molecule has 0 aromatic heterocycles. The lowest BCUT2D eigenvalue weighted by atomic mass is 10.2.